The van der Waals surface area contributed by atoms with Crippen molar-refractivity contribution in [1.29, 1.82) is 0 Å². The number of H-pyrrole nitrogens is 1. The average Bonchev–Trinajstić information content (AvgIpc) is 3.35. The summed E-state index contributed by atoms with van der Waals surface area (Å²) in [5, 5.41) is 11.9. The molecule has 0 unspecified atom stereocenters. The maximum absolute atomic E-state index is 13.1. The summed E-state index contributed by atoms with van der Waals surface area (Å²) < 4.78 is 78.4. The Balaban J connectivity index is 1.30. The number of hydrogen-bond acceptors (Lipinski definition) is 5. The number of pyridine rings is 1. The Morgan fingerprint density at radius 3 is 2.33 bits per heavy atom. The van der Waals surface area contributed by atoms with Gasteiger partial charge in [0, 0.05) is 24.3 Å². The van der Waals surface area contributed by atoms with Crippen LogP contribution in [0.4, 0.5) is 48.5 Å². The van der Waals surface area contributed by atoms with E-state index in [4.69, 9.17) is 5.73 Å². The first-order chi connectivity index (χ1) is 19.8. The molecular weight excluding hydrogens is 568 g/mol. The van der Waals surface area contributed by atoms with E-state index in [1.54, 1.807) is 0 Å². The minimum absolute atomic E-state index is 0.00885. The first kappa shape index (κ1) is 28.4. The summed E-state index contributed by atoms with van der Waals surface area (Å²) in [5.74, 6) is -1.18. The lowest BCUT2D eigenvalue weighted by Gasteiger charge is -2.29. The molecule has 3 amide bonds. The number of rotatable bonds is 5. The Morgan fingerprint density at radius 1 is 0.929 bits per heavy atom. The van der Waals surface area contributed by atoms with E-state index in [0.29, 0.717) is 29.8 Å². The van der Waals surface area contributed by atoms with Crippen LogP contribution in [0.2, 0.25) is 0 Å². The van der Waals surface area contributed by atoms with Crippen LogP contribution in [0, 0.1) is 0 Å². The van der Waals surface area contributed by atoms with E-state index in [1.165, 1.54) is 41.3 Å². The molecule has 4 aromatic rings. The van der Waals surface area contributed by atoms with Crippen molar-refractivity contribution in [2.24, 2.45) is 5.73 Å². The monoisotopic (exact) mass is 589 g/mol. The molecule has 3 heterocycles. The van der Waals surface area contributed by atoms with E-state index < -0.39 is 35.5 Å². The number of fused-ring (bicyclic) bond motifs is 1. The molecule has 1 aliphatic heterocycles. The Hall–Kier alpha value is -5.08. The summed E-state index contributed by atoms with van der Waals surface area (Å²) >= 11 is 0. The quantitative estimate of drug-likeness (QED) is 0.214. The Bertz CT molecular complexity index is 1650. The topological polar surface area (TPSA) is 129 Å². The molecule has 2 aromatic heterocycles. The summed E-state index contributed by atoms with van der Waals surface area (Å²) in [6, 6.07) is 12.3. The molecule has 42 heavy (non-hydrogen) atoms. The fourth-order valence-electron chi connectivity index (χ4n) is 4.49. The number of aromatic nitrogens is 3. The smallest absolute Gasteiger partial charge is 0.365 e. The standard InChI is InChI=1S/C27H21F6N7O2/c28-26(29,30)17-7-4-14-10-11-40(13-16(14)12-17)25(42)35-18-8-5-15(6-9-18)22-21(23(34)41)24(39-38-22)37-20-3-1-2-19(36-20)27(31,32)33/h1-9,12H,10-11,13H2,(H2,34,41)(H,35,42)(H2,36,37,38,39). The van der Waals surface area contributed by atoms with Crippen LogP contribution in [0.3, 0.4) is 0 Å². The van der Waals surface area contributed by atoms with Crippen molar-refractivity contribution in [2.75, 3.05) is 17.2 Å². The van der Waals surface area contributed by atoms with Crippen LogP contribution >= 0.6 is 0 Å². The molecule has 0 spiro atoms. The second kappa shape index (κ2) is 10.7. The lowest BCUT2D eigenvalue weighted by molar-refractivity contribution is -0.141. The average molecular weight is 590 g/mol. The van der Waals surface area contributed by atoms with Crippen LogP contribution in [0.5, 0.6) is 0 Å². The summed E-state index contributed by atoms with van der Waals surface area (Å²) in [6.07, 6.45) is -8.76. The van der Waals surface area contributed by atoms with Gasteiger partial charge in [-0.25, -0.2) is 9.78 Å². The molecule has 1 aliphatic rings. The highest BCUT2D eigenvalue weighted by Crippen LogP contribution is 2.33. The van der Waals surface area contributed by atoms with Crippen LogP contribution < -0.4 is 16.4 Å². The largest absolute Gasteiger partial charge is 0.433 e. The third-order valence-corrected chi connectivity index (χ3v) is 6.55. The highest BCUT2D eigenvalue weighted by atomic mass is 19.4. The number of halogens is 6. The number of nitrogens with two attached hydrogens (primary N) is 1. The van der Waals surface area contributed by atoms with Gasteiger partial charge in [-0.15, -0.1) is 0 Å². The van der Waals surface area contributed by atoms with E-state index in [-0.39, 0.29) is 29.4 Å². The number of carbonyl (C=O) groups is 2. The zero-order chi connectivity index (χ0) is 30.2. The number of aromatic amines is 1. The first-order valence-corrected chi connectivity index (χ1v) is 12.3. The van der Waals surface area contributed by atoms with Crippen LogP contribution in [0.15, 0.2) is 60.7 Å². The van der Waals surface area contributed by atoms with Crippen molar-refractivity contribution in [3.63, 3.8) is 0 Å². The van der Waals surface area contributed by atoms with Crippen molar-refractivity contribution in [1.82, 2.24) is 20.1 Å². The number of amides is 3. The Kier molecular flexibility index (Phi) is 7.26. The van der Waals surface area contributed by atoms with Crippen LogP contribution in [0.1, 0.15) is 32.7 Å². The molecule has 0 atom stereocenters. The van der Waals surface area contributed by atoms with Crippen LogP contribution in [-0.4, -0.2) is 38.6 Å². The molecule has 0 aliphatic carbocycles. The molecule has 15 heteroatoms. The number of carbonyl (C=O) groups excluding carboxylic acids is 2. The molecule has 5 N–H and O–H groups in total. The lowest BCUT2D eigenvalue weighted by Crippen LogP contribution is -2.39. The number of benzene rings is 2. The Morgan fingerprint density at radius 2 is 1.67 bits per heavy atom. The molecular formula is C27H21F6N7O2. The van der Waals surface area contributed by atoms with Gasteiger partial charge in [0.2, 0.25) is 0 Å². The van der Waals surface area contributed by atoms with Crippen molar-refractivity contribution in [3.8, 4) is 11.3 Å². The Labute approximate surface area is 233 Å². The highest BCUT2D eigenvalue weighted by Gasteiger charge is 2.33. The van der Waals surface area contributed by atoms with Gasteiger partial charge in [0.1, 0.15) is 28.6 Å². The molecule has 0 bridgehead atoms. The SMILES string of the molecule is NC(=O)c1c(-c2ccc(NC(=O)N3CCc4ccc(C(F)(F)F)cc4C3)cc2)n[nH]c1Nc1cccc(C(F)(F)F)n1. The van der Waals surface area contributed by atoms with Gasteiger partial charge >= 0.3 is 18.4 Å². The molecule has 9 nitrogen and oxygen atoms in total. The minimum Gasteiger partial charge on any atom is -0.365 e. The summed E-state index contributed by atoms with van der Waals surface area (Å²) in [4.78, 5) is 30.0. The minimum atomic E-state index is -4.67. The van der Waals surface area contributed by atoms with E-state index in [2.05, 4.69) is 25.8 Å². The molecule has 0 saturated carbocycles. The number of urea groups is 1. The van der Waals surface area contributed by atoms with Gasteiger partial charge < -0.3 is 21.3 Å². The number of nitrogens with one attached hydrogen (secondary N) is 3. The summed E-state index contributed by atoms with van der Waals surface area (Å²) in [7, 11) is 0. The number of nitrogens with zero attached hydrogens (tertiary/aromatic N) is 3. The number of hydrogen-bond donors (Lipinski definition) is 4. The summed E-state index contributed by atoms with van der Waals surface area (Å²) in [5.41, 5.74) is 5.52. The second-order valence-electron chi connectivity index (χ2n) is 9.38. The van der Waals surface area contributed by atoms with Gasteiger partial charge in [0.25, 0.3) is 5.91 Å². The van der Waals surface area contributed by atoms with Gasteiger partial charge in [-0.2, -0.15) is 31.4 Å². The fraction of sp³-hybridized carbons (Fsp3) is 0.185. The molecule has 0 saturated heterocycles. The van der Waals surface area contributed by atoms with Crippen molar-refractivity contribution in [2.45, 2.75) is 25.3 Å². The molecule has 5 rings (SSSR count). The third-order valence-electron chi connectivity index (χ3n) is 6.55. The van der Waals surface area contributed by atoms with Gasteiger partial charge in [-0.1, -0.05) is 24.3 Å². The van der Waals surface area contributed by atoms with Gasteiger partial charge in [0.05, 0.1) is 5.56 Å². The number of alkyl halides is 6. The normalized spacial score (nSPS) is 13.4. The summed E-state index contributed by atoms with van der Waals surface area (Å²) in [6.45, 7) is 0.322. The molecule has 0 fully saturated rings. The number of anilines is 3. The molecule has 0 radical (unpaired) electrons. The molecule has 218 valence electrons. The maximum atomic E-state index is 13.1. The predicted octanol–water partition coefficient (Wildman–Crippen LogP) is 5.94. The van der Waals surface area contributed by atoms with Gasteiger partial charge in [-0.3, -0.25) is 9.89 Å². The third kappa shape index (κ3) is 5.99. The zero-order valence-corrected chi connectivity index (χ0v) is 21.4. The van der Waals surface area contributed by atoms with E-state index in [0.717, 1.165) is 29.8 Å². The van der Waals surface area contributed by atoms with Gasteiger partial charge in [-0.05, 0) is 53.9 Å². The maximum Gasteiger partial charge on any atom is 0.433 e. The van der Waals surface area contributed by atoms with E-state index >= 15 is 0 Å². The van der Waals surface area contributed by atoms with Gasteiger partial charge in [0.15, 0.2) is 0 Å². The first-order valence-electron chi connectivity index (χ1n) is 12.3. The predicted molar refractivity (Wildman–Crippen MR) is 140 cm³/mol. The fourth-order valence-corrected chi connectivity index (χ4v) is 4.49. The van der Waals surface area contributed by atoms with Crippen LogP contribution in [-0.2, 0) is 25.3 Å². The second-order valence-corrected chi connectivity index (χ2v) is 9.38. The van der Waals surface area contributed by atoms with E-state index in [1.807, 2.05) is 0 Å². The lowest BCUT2D eigenvalue weighted by atomic mass is 9.97. The van der Waals surface area contributed by atoms with E-state index in [9.17, 15) is 35.9 Å². The van der Waals surface area contributed by atoms with Crippen LogP contribution in [0.25, 0.3) is 11.3 Å². The highest BCUT2D eigenvalue weighted by molar-refractivity contribution is 6.04. The number of primary amides is 1. The van der Waals surface area contributed by atoms with Crippen molar-refractivity contribution < 1.29 is 35.9 Å². The molecule has 2 aromatic carbocycles. The van der Waals surface area contributed by atoms with Crippen molar-refractivity contribution in [3.05, 3.63) is 88.6 Å². The zero-order valence-electron chi connectivity index (χ0n) is 21.4. The van der Waals surface area contributed by atoms with Crippen molar-refractivity contribution >= 4 is 29.3 Å².